The van der Waals surface area contributed by atoms with Crippen LogP contribution in [-0.2, 0) is 0 Å². The van der Waals surface area contributed by atoms with Crippen LogP contribution in [0.3, 0.4) is 0 Å². The summed E-state index contributed by atoms with van der Waals surface area (Å²) in [5, 5.41) is 7.01. The number of carbonyl (C=O) groups excluding carboxylic acids is 1. The molecule has 0 radical (unpaired) electrons. The number of amides is 1. The second-order valence-corrected chi connectivity index (χ2v) is 5.88. The number of nitrogens with one attached hydrogen (secondary N) is 1. The van der Waals surface area contributed by atoms with Crippen molar-refractivity contribution in [3.63, 3.8) is 0 Å². The number of hydrogen-bond acceptors (Lipinski definition) is 4. The Labute approximate surface area is 141 Å². The standard InChI is InChI=1S/C16H14BrN5O/c1-11(12-4-6-13(17)7-5-12)21-16(23)14-3-2-8-19-15(14)22-10-18-9-20-22/h2-11H,1H3,(H,21,23). The van der Waals surface area contributed by atoms with E-state index < -0.39 is 0 Å². The molecule has 1 unspecified atom stereocenters. The third-order valence-electron chi connectivity index (χ3n) is 3.38. The van der Waals surface area contributed by atoms with Crippen molar-refractivity contribution < 1.29 is 4.79 Å². The zero-order chi connectivity index (χ0) is 16.2. The van der Waals surface area contributed by atoms with E-state index in [1.165, 1.54) is 17.3 Å². The van der Waals surface area contributed by atoms with Gasteiger partial charge in [-0.15, -0.1) is 0 Å². The van der Waals surface area contributed by atoms with Crippen molar-refractivity contribution in [3.05, 3.63) is 70.8 Å². The molecule has 0 aliphatic rings. The number of pyridine rings is 1. The number of rotatable bonds is 4. The molecule has 0 aliphatic heterocycles. The lowest BCUT2D eigenvalue weighted by molar-refractivity contribution is 0.0939. The lowest BCUT2D eigenvalue weighted by Gasteiger charge is -2.15. The first kappa shape index (κ1) is 15.4. The lowest BCUT2D eigenvalue weighted by atomic mass is 10.1. The van der Waals surface area contributed by atoms with E-state index in [-0.39, 0.29) is 11.9 Å². The molecule has 1 aromatic carbocycles. The highest BCUT2D eigenvalue weighted by atomic mass is 79.9. The van der Waals surface area contributed by atoms with Crippen LogP contribution in [0.4, 0.5) is 0 Å². The summed E-state index contributed by atoms with van der Waals surface area (Å²) in [5.74, 6) is 0.240. The molecule has 3 rings (SSSR count). The van der Waals surface area contributed by atoms with Crippen molar-refractivity contribution in [3.8, 4) is 5.82 Å². The van der Waals surface area contributed by atoms with Gasteiger partial charge < -0.3 is 5.32 Å². The summed E-state index contributed by atoms with van der Waals surface area (Å²) < 4.78 is 2.47. The van der Waals surface area contributed by atoms with Gasteiger partial charge in [0.25, 0.3) is 5.91 Å². The van der Waals surface area contributed by atoms with Gasteiger partial charge >= 0.3 is 0 Å². The van der Waals surface area contributed by atoms with Gasteiger partial charge in [0.05, 0.1) is 11.6 Å². The van der Waals surface area contributed by atoms with E-state index in [4.69, 9.17) is 0 Å². The molecule has 2 heterocycles. The molecule has 0 spiro atoms. The van der Waals surface area contributed by atoms with Crippen LogP contribution in [0.1, 0.15) is 28.9 Å². The molecule has 0 bridgehead atoms. The van der Waals surface area contributed by atoms with Gasteiger partial charge in [0.2, 0.25) is 0 Å². The Kier molecular flexibility index (Phi) is 4.47. The molecule has 116 valence electrons. The van der Waals surface area contributed by atoms with Gasteiger partial charge in [-0.2, -0.15) is 5.10 Å². The monoisotopic (exact) mass is 371 g/mol. The third kappa shape index (κ3) is 3.45. The van der Waals surface area contributed by atoms with Crippen molar-refractivity contribution in [2.45, 2.75) is 13.0 Å². The maximum Gasteiger partial charge on any atom is 0.255 e. The molecule has 3 aromatic rings. The largest absolute Gasteiger partial charge is 0.345 e. The van der Waals surface area contributed by atoms with Crippen molar-refractivity contribution in [2.75, 3.05) is 0 Å². The minimum absolute atomic E-state index is 0.126. The fraction of sp³-hybridized carbons (Fsp3) is 0.125. The average molecular weight is 372 g/mol. The van der Waals surface area contributed by atoms with E-state index in [0.717, 1.165) is 10.0 Å². The Morgan fingerprint density at radius 3 is 2.74 bits per heavy atom. The zero-order valence-corrected chi connectivity index (χ0v) is 13.9. The molecule has 0 fully saturated rings. The number of carbonyl (C=O) groups is 1. The summed E-state index contributed by atoms with van der Waals surface area (Å²) >= 11 is 3.40. The summed E-state index contributed by atoms with van der Waals surface area (Å²) in [4.78, 5) is 20.7. The van der Waals surface area contributed by atoms with Gasteiger partial charge in [-0.3, -0.25) is 4.79 Å². The van der Waals surface area contributed by atoms with Crippen LogP contribution in [0.25, 0.3) is 5.82 Å². The smallest absolute Gasteiger partial charge is 0.255 e. The summed E-state index contributed by atoms with van der Waals surface area (Å²) in [6.07, 6.45) is 4.53. The summed E-state index contributed by atoms with van der Waals surface area (Å²) in [6, 6.07) is 11.1. The van der Waals surface area contributed by atoms with Crippen LogP contribution in [0, 0.1) is 0 Å². The molecule has 0 saturated heterocycles. The van der Waals surface area contributed by atoms with Crippen LogP contribution in [-0.4, -0.2) is 25.7 Å². The zero-order valence-electron chi connectivity index (χ0n) is 12.3. The molecule has 0 aliphatic carbocycles. The van der Waals surface area contributed by atoms with Crippen molar-refractivity contribution in [1.82, 2.24) is 25.1 Å². The highest BCUT2D eigenvalue weighted by Gasteiger charge is 2.17. The van der Waals surface area contributed by atoms with Crippen molar-refractivity contribution in [2.24, 2.45) is 0 Å². The Morgan fingerprint density at radius 2 is 2.04 bits per heavy atom. The van der Waals surface area contributed by atoms with Gasteiger partial charge in [-0.05, 0) is 36.8 Å². The minimum Gasteiger partial charge on any atom is -0.345 e. The Hall–Kier alpha value is -2.54. The maximum absolute atomic E-state index is 12.6. The number of nitrogens with zero attached hydrogens (tertiary/aromatic N) is 4. The molecular formula is C16H14BrN5O. The van der Waals surface area contributed by atoms with E-state index >= 15 is 0 Å². The molecular weight excluding hydrogens is 358 g/mol. The SMILES string of the molecule is CC(NC(=O)c1cccnc1-n1cncn1)c1ccc(Br)cc1. The Balaban J connectivity index is 1.83. The van der Waals surface area contributed by atoms with Crippen molar-refractivity contribution in [1.29, 1.82) is 0 Å². The predicted octanol–water partition coefficient (Wildman–Crippen LogP) is 2.92. The molecule has 2 aromatic heterocycles. The van der Waals surface area contributed by atoms with Crippen LogP contribution in [0.2, 0.25) is 0 Å². The first-order valence-corrected chi connectivity index (χ1v) is 7.81. The minimum atomic E-state index is -0.209. The number of benzene rings is 1. The molecule has 1 N–H and O–H groups in total. The summed E-state index contributed by atoms with van der Waals surface area (Å²) in [6.45, 7) is 1.94. The van der Waals surface area contributed by atoms with Crippen molar-refractivity contribution >= 4 is 21.8 Å². The van der Waals surface area contributed by atoms with Gasteiger partial charge in [-0.1, -0.05) is 28.1 Å². The van der Waals surface area contributed by atoms with Crippen LogP contribution >= 0.6 is 15.9 Å². The van der Waals surface area contributed by atoms with Gasteiger partial charge in [0, 0.05) is 10.7 Å². The normalized spacial score (nSPS) is 11.9. The molecule has 6 nitrogen and oxygen atoms in total. The van der Waals surface area contributed by atoms with E-state index in [1.807, 2.05) is 31.2 Å². The van der Waals surface area contributed by atoms with Gasteiger partial charge in [-0.25, -0.2) is 14.6 Å². The van der Waals surface area contributed by atoms with Crippen LogP contribution in [0.5, 0.6) is 0 Å². The molecule has 1 amide bonds. The van der Waals surface area contributed by atoms with E-state index in [9.17, 15) is 4.79 Å². The van der Waals surface area contributed by atoms with Crippen LogP contribution < -0.4 is 5.32 Å². The molecule has 0 saturated carbocycles. The molecule has 7 heteroatoms. The van der Waals surface area contributed by atoms with E-state index in [1.54, 1.807) is 18.3 Å². The second-order valence-electron chi connectivity index (χ2n) is 4.96. The summed E-state index contributed by atoms with van der Waals surface area (Å²) in [7, 11) is 0. The third-order valence-corrected chi connectivity index (χ3v) is 3.91. The highest BCUT2D eigenvalue weighted by molar-refractivity contribution is 9.10. The van der Waals surface area contributed by atoms with E-state index in [2.05, 4.69) is 36.3 Å². The topological polar surface area (TPSA) is 72.7 Å². The quantitative estimate of drug-likeness (QED) is 0.765. The number of halogens is 1. The Morgan fingerprint density at radius 1 is 1.26 bits per heavy atom. The fourth-order valence-corrected chi connectivity index (χ4v) is 2.45. The summed E-state index contributed by atoms with van der Waals surface area (Å²) in [5.41, 5.74) is 1.47. The number of aromatic nitrogens is 4. The lowest BCUT2D eigenvalue weighted by Crippen LogP contribution is -2.28. The first-order valence-electron chi connectivity index (χ1n) is 7.01. The highest BCUT2D eigenvalue weighted by Crippen LogP contribution is 2.18. The first-order chi connectivity index (χ1) is 11.1. The average Bonchev–Trinajstić information content (AvgIpc) is 3.09. The Bertz CT molecular complexity index is 802. The van der Waals surface area contributed by atoms with Gasteiger partial charge in [0.1, 0.15) is 12.7 Å². The second kappa shape index (κ2) is 6.70. The molecule has 1 atom stereocenters. The van der Waals surface area contributed by atoms with E-state index in [0.29, 0.717) is 11.4 Å². The maximum atomic E-state index is 12.6. The van der Waals surface area contributed by atoms with Crippen LogP contribution in [0.15, 0.2) is 59.7 Å². The van der Waals surface area contributed by atoms with Gasteiger partial charge in [0.15, 0.2) is 5.82 Å². The number of hydrogen-bond donors (Lipinski definition) is 1. The fourth-order valence-electron chi connectivity index (χ4n) is 2.18. The molecule has 23 heavy (non-hydrogen) atoms. The predicted molar refractivity (Wildman–Crippen MR) is 89.2 cm³/mol.